The molecule has 2 N–H and O–H groups in total. The Balaban J connectivity index is 1.95. The van der Waals surface area contributed by atoms with E-state index in [2.05, 4.69) is 10.0 Å². The highest BCUT2D eigenvalue weighted by Crippen LogP contribution is 2.22. The van der Waals surface area contributed by atoms with Crippen LogP contribution in [0.25, 0.3) is 0 Å². The van der Waals surface area contributed by atoms with Crippen molar-refractivity contribution >= 4 is 21.6 Å². The Morgan fingerprint density at radius 1 is 1.17 bits per heavy atom. The number of sulfonamides is 1. The first-order valence-electron chi connectivity index (χ1n) is 7.06. The molecule has 0 bridgehead atoms. The lowest BCUT2D eigenvalue weighted by Gasteiger charge is -2.17. The summed E-state index contributed by atoms with van der Waals surface area (Å²) in [6.07, 6.45) is 0.706. The lowest BCUT2D eigenvalue weighted by molar-refractivity contribution is 0.0946. The number of halogens is 1. The SMILES string of the molecule is Cc1cc(F)cc(S(=O)(=O)Nc2ccc3c(c2)C(=O)NCC3)c1. The summed E-state index contributed by atoms with van der Waals surface area (Å²) in [5.74, 6) is -0.843. The first-order valence-corrected chi connectivity index (χ1v) is 8.55. The molecule has 3 rings (SSSR count). The van der Waals surface area contributed by atoms with Crippen LogP contribution in [0.5, 0.6) is 0 Å². The van der Waals surface area contributed by atoms with Crippen molar-refractivity contribution in [2.24, 2.45) is 0 Å². The Morgan fingerprint density at radius 2 is 1.96 bits per heavy atom. The molecule has 1 aliphatic heterocycles. The van der Waals surface area contributed by atoms with Crippen LogP contribution in [0, 0.1) is 12.7 Å². The van der Waals surface area contributed by atoms with Gasteiger partial charge in [-0.2, -0.15) is 0 Å². The molecule has 2 aromatic carbocycles. The Labute approximate surface area is 133 Å². The number of carbonyl (C=O) groups is 1. The van der Waals surface area contributed by atoms with Crippen LogP contribution in [-0.2, 0) is 16.4 Å². The monoisotopic (exact) mass is 334 g/mol. The fourth-order valence-corrected chi connectivity index (χ4v) is 3.71. The van der Waals surface area contributed by atoms with Crippen LogP contribution in [0.2, 0.25) is 0 Å². The highest BCUT2D eigenvalue weighted by molar-refractivity contribution is 7.92. The molecule has 1 amide bonds. The topological polar surface area (TPSA) is 75.3 Å². The third kappa shape index (κ3) is 3.19. The molecule has 2 aromatic rings. The molecule has 0 aromatic heterocycles. The summed E-state index contributed by atoms with van der Waals surface area (Å²) in [5.41, 5.74) is 2.10. The third-order valence-electron chi connectivity index (χ3n) is 3.61. The summed E-state index contributed by atoms with van der Waals surface area (Å²) in [5, 5.41) is 2.71. The highest BCUT2D eigenvalue weighted by Gasteiger charge is 2.20. The molecule has 1 aliphatic rings. The maximum absolute atomic E-state index is 13.4. The van der Waals surface area contributed by atoms with E-state index in [9.17, 15) is 17.6 Å². The standard InChI is InChI=1S/C16H15FN2O3S/c1-10-6-12(17)8-14(7-10)23(21,22)19-13-3-2-11-4-5-18-16(20)15(11)9-13/h2-3,6-9,19H,4-5H2,1H3,(H,18,20). The Kier molecular flexibility index (Phi) is 3.81. The number of aryl methyl sites for hydroxylation is 1. The van der Waals surface area contributed by atoms with Crippen molar-refractivity contribution in [2.75, 3.05) is 11.3 Å². The van der Waals surface area contributed by atoms with E-state index in [1.54, 1.807) is 19.1 Å². The van der Waals surface area contributed by atoms with Gasteiger partial charge in [-0.1, -0.05) is 6.07 Å². The summed E-state index contributed by atoms with van der Waals surface area (Å²) < 4.78 is 40.6. The van der Waals surface area contributed by atoms with E-state index in [1.165, 1.54) is 18.2 Å². The second kappa shape index (κ2) is 5.66. The highest BCUT2D eigenvalue weighted by atomic mass is 32.2. The van der Waals surface area contributed by atoms with Crippen LogP contribution in [-0.4, -0.2) is 20.9 Å². The van der Waals surface area contributed by atoms with Crippen LogP contribution in [0.4, 0.5) is 10.1 Å². The maximum Gasteiger partial charge on any atom is 0.262 e. The molecule has 0 atom stereocenters. The first-order chi connectivity index (χ1) is 10.8. The number of rotatable bonds is 3. The molecular weight excluding hydrogens is 319 g/mol. The number of benzene rings is 2. The second-order valence-electron chi connectivity index (χ2n) is 5.45. The summed E-state index contributed by atoms with van der Waals surface area (Å²) in [6, 6.07) is 8.41. The van der Waals surface area contributed by atoms with Crippen LogP contribution in [0.1, 0.15) is 21.5 Å². The minimum atomic E-state index is -3.92. The van der Waals surface area contributed by atoms with Crippen molar-refractivity contribution in [1.29, 1.82) is 0 Å². The van der Waals surface area contributed by atoms with Gasteiger partial charge in [-0.25, -0.2) is 12.8 Å². The molecule has 0 fully saturated rings. The molecule has 120 valence electrons. The summed E-state index contributed by atoms with van der Waals surface area (Å²) in [6.45, 7) is 2.19. The Morgan fingerprint density at radius 3 is 2.70 bits per heavy atom. The normalized spacial score (nSPS) is 14.1. The maximum atomic E-state index is 13.4. The van der Waals surface area contributed by atoms with Crippen LogP contribution < -0.4 is 10.0 Å². The minimum absolute atomic E-state index is 0.155. The van der Waals surface area contributed by atoms with Gasteiger partial charge in [-0.15, -0.1) is 0 Å². The summed E-state index contributed by atoms with van der Waals surface area (Å²) >= 11 is 0. The Bertz CT molecular complexity index is 874. The average molecular weight is 334 g/mol. The summed E-state index contributed by atoms with van der Waals surface area (Å²) in [7, 11) is -3.92. The van der Waals surface area contributed by atoms with Gasteiger partial charge in [-0.05, 0) is 54.8 Å². The molecule has 5 nitrogen and oxygen atoms in total. The molecular formula is C16H15FN2O3S. The zero-order valence-corrected chi connectivity index (χ0v) is 13.2. The predicted octanol–water partition coefficient (Wildman–Crippen LogP) is 2.22. The van der Waals surface area contributed by atoms with E-state index in [0.29, 0.717) is 24.1 Å². The zero-order chi connectivity index (χ0) is 16.6. The lowest BCUT2D eigenvalue weighted by atomic mass is 10.00. The number of anilines is 1. The van der Waals surface area contributed by atoms with Gasteiger partial charge >= 0.3 is 0 Å². The number of hydrogen-bond donors (Lipinski definition) is 2. The molecule has 0 radical (unpaired) electrons. The van der Waals surface area contributed by atoms with Crippen molar-refractivity contribution in [3.8, 4) is 0 Å². The smallest absolute Gasteiger partial charge is 0.262 e. The predicted molar refractivity (Wildman–Crippen MR) is 84.4 cm³/mol. The van der Waals surface area contributed by atoms with Gasteiger partial charge in [0.05, 0.1) is 4.90 Å². The van der Waals surface area contributed by atoms with E-state index >= 15 is 0 Å². The molecule has 1 heterocycles. The fraction of sp³-hybridized carbons (Fsp3) is 0.188. The molecule has 0 saturated carbocycles. The van der Waals surface area contributed by atoms with Crippen LogP contribution in [0.3, 0.4) is 0 Å². The van der Waals surface area contributed by atoms with Gasteiger partial charge in [-0.3, -0.25) is 9.52 Å². The van der Waals surface area contributed by atoms with Crippen molar-refractivity contribution in [3.05, 3.63) is 58.9 Å². The van der Waals surface area contributed by atoms with Gasteiger partial charge < -0.3 is 5.32 Å². The third-order valence-corrected chi connectivity index (χ3v) is 4.97. The van der Waals surface area contributed by atoms with E-state index < -0.39 is 15.8 Å². The minimum Gasteiger partial charge on any atom is -0.352 e. The largest absolute Gasteiger partial charge is 0.352 e. The van der Waals surface area contributed by atoms with Gasteiger partial charge in [0.2, 0.25) is 0 Å². The molecule has 0 aliphatic carbocycles. The zero-order valence-electron chi connectivity index (χ0n) is 12.4. The van der Waals surface area contributed by atoms with E-state index in [1.807, 2.05) is 0 Å². The average Bonchev–Trinajstić information content (AvgIpc) is 2.47. The van der Waals surface area contributed by atoms with Crippen molar-refractivity contribution in [1.82, 2.24) is 5.32 Å². The lowest BCUT2D eigenvalue weighted by Crippen LogP contribution is -2.31. The number of carbonyl (C=O) groups excluding carboxylic acids is 1. The van der Waals surface area contributed by atoms with E-state index in [0.717, 1.165) is 11.6 Å². The van der Waals surface area contributed by atoms with Gasteiger partial charge in [0.15, 0.2) is 0 Å². The van der Waals surface area contributed by atoms with Gasteiger partial charge in [0, 0.05) is 17.8 Å². The Hall–Kier alpha value is -2.41. The van der Waals surface area contributed by atoms with Crippen molar-refractivity contribution in [3.63, 3.8) is 0 Å². The van der Waals surface area contributed by atoms with Crippen molar-refractivity contribution < 1.29 is 17.6 Å². The molecule has 0 unspecified atom stereocenters. The molecule has 23 heavy (non-hydrogen) atoms. The van der Waals surface area contributed by atoms with Gasteiger partial charge in [0.1, 0.15) is 5.82 Å². The first kappa shape index (κ1) is 15.5. The fourth-order valence-electron chi connectivity index (χ4n) is 2.55. The number of amides is 1. The number of nitrogens with one attached hydrogen (secondary N) is 2. The van der Waals surface area contributed by atoms with Crippen LogP contribution in [0.15, 0.2) is 41.3 Å². The summed E-state index contributed by atoms with van der Waals surface area (Å²) in [4.78, 5) is 11.7. The number of fused-ring (bicyclic) bond motifs is 1. The quantitative estimate of drug-likeness (QED) is 0.904. The van der Waals surface area contributed by atoms with Gasteiger partial charge in [0.25, 0.3) is 15.9 Å². The molecule has 0 spiro atoms. The number of hydrogen-bond acceptors (Lipinski definition) is 3. The van der Waals surface area contributed by atoms with E-state index in [4.69, 9.17) is 0 Å². The van der Waals surface area contributed by atoms with Crippen LogP contribution >= 0.6 is 0 Å². The molecule has 7 heteroatoms. The molecule has 0 saturated heterocycles. The van der Waals surface area contributed by atoms with Crippen molar-refractivity contribution in [2.45, 2.75) is 18.2 Å². The van der Waals surface area contributed by atoms with E-state index in [-0.39, 0.29) is 16.5 Å². The second-order valence-corrected chi connectivity index (χ2v) is 7.13.